The lowest BCUT2D eigenvalue weighted by Gasteiger charge is -2.57. The third kappa shape index (κ3) is 7.82. The molecule has 2 saturated carbocycles. The molecule has 0 spiro atoms. The van der Waals surface area contributed by atoms with Gasteiger partial charge in [-0.1, -0.05) is 20.8 Å². The van der Waals surface area contributed by atoms with E-state index in [4.69, 9.17) is 28.7 Å². The van der Waals surface area contributed by atoms with Crippen LogP contribution in [-0.4, -0.2) is 114 Å². The standard InChI is InChI=1S/C38H63F3N2O9/c1-6-36-29-13-14-35(5,51-45)50-34(36)49-33(38(39,40)41)28(31(36)11-8-24(29)2)22-43-17-15-42(16-18-43)19-20-47-32(44)21-27-10-7-25(3)30-12-9-26(4)48-23-37(27,30)52-46/h24-27,29-32,34,44-46H,6-23H2,1-5H3. The van der Waals surface area contributed by atoms with Gasteiger partial charge in [-0.15, -0.1) is 0 Å². The summed E-state index contributed by atoms with van der Waals surface area (Å²) in [5.41, 5.74) is -1.21. The molecular formula is C38H63F3N2O9. The predicted octanol–water partition coefficient (Wildman–Crippen LogP) is 6.67. The van der Waals surface area contributed by atoms with Crippen LogP contribution in [0.25, 0.3) is 0 Å². The van der Waals surface area contributed by atoms with E-state index >= 15 is 0 Å². The molecule has 0 bridgehead atoms. The van der Waals surface area contributed by atoms with Gasteiger partial charge in [0.1, 0.15) is 5.60 Å². The molecule has 5 fully saturated rings. The summed E-state index contributed by atoms with van der Waals surface area (Å²) in [5, 5.41) is 30.8. The van der Waals surface area contributed by atoms with E-state index in [0.29, 0.717) is 89.5 Å². The van der Waals surface area contributed by atoms with Crippen LogP contribution in [-0.2, 0) is 28.7 Å². The summed E-state index contributed by atoms with van der Waals surface area (Å²) in [5.74, 6) is -2.03. The zero-order valence-electron chi connectivity index (χ0n) is 31.7. The first-order chi connectivity index (χ1) is 24.7. The van der Waals surface area contributed by atoms with E-state index in [2.05, 4.69) is 23.6 Å². The molecule has 12 unspecified atom stereocenters. The zero-order valence-corrected chi connectivity index (χ0v) is 31.7. The van der Waals surface area contributed by atoms with E-state index in [1.165, 1.54) is 0 Å². The number of fused-ring (bicyclic) bond motifs is 1. The van der Waals surface area contributed by atoms with Crippen LogP contribution < -0.4 is 0 Å². The minimum absolute atomic E-state index is 0.0595. The number of piperazine rings is 1. The van der Waals surface area contributed by atoms with Gasteiger partial charge in [0, 0.05) is 57.5 Å². The van der Waals surface area contributed by atoms with Crippen molar-refractivity contribution in [2.45, 2.75) is 135 Å². The molecule has 6 rings (SSSR count). The third-order valence-corrected chi connectivity index (χ3v) is 14.3. The monoisotopic (exact) mass is 748 g/mol. The SMILES string of the molecule is CCC12C3OC(C(F)(F)F)=C(CN4CCN(CCOC(O)CC5CCC(C)C6CCC(C)OCC56OO)CC4)C1CCC(C)C2CCC(C)(OO)O3. The smallest absolute Gasteiger partial charge is 0.449 e. The fourth-order valence-electron chi connectivity index (χ4n) is 11.3. The van der Waals surface area contributed by atoms with Gasteiger partial charge in [-0.25, -0.2) is 15.0 Å². The Morgan fingerprint density at radius 1 is 0.904 bits per heavy atom. The van der Waals surface area contributed by atoms with E-state index < -0.39 is 41.3 Å². The Balaban J connectivity index is 1.06. The summed E-state index contributed by atoms with van der Waals surface area (Å²) in [6.45, 7) is 13.9. The molecule has 4 aliphatic heterocycles. The summed E-state index contributed by atoms with van der Waals surface area (Å²) in [7, 11) is 0. The summed E-state index contributed by atoms with van der Waals surface area (Å²) >= 11 is 0. The fraction of sp³-hybridized carbons (Fsp3) is 0.947. The van der Waals surface area contributed by atoms with Crippen molar-refractivity contribution >= 4 is 0 Å². The van der Waals surface area contributed by atoms with Gasteiger partial charge in [-0.2, -0.15) is 13.2 Å². The first-order valence-electron chi connectivity index (χ1n) is 19.9. The maximum Gasteiger partial charge on any atom is 0.449 e. The average molecular weight is 749 g/mol. The Kier molecular flexibility index (Phi) is 12.6. The lowest BCUT2D eigenvalue weighted by molar-refractivity contribution is -0.434. The number of alkyl halides is 3. The lowest BCUT2D eigenvalue weighted by atomic mass is 9.51. The highest BCUT2D eigenvalue weighted by Gasteiger charge is 2.64. The number of hydrogen-bond acceptors (Lipinski definition) is 11. The Morgan fingerprint density at radius 3 is 2.27 bits per heavy atom. The Labute approximate surface area is 306 Å². The number of hydrogen-bond donors (Lipinski definition) is 3. The van der Waals surface area contributed by atoms with Crippen LogP contribution in [0.15, 0.2) is 11.3 Å². The molecule has 0 amide bonds. The lowest BCUT2D eigenvalue weighted by Crippen LogP contribution is -2.59. The predicted molar refractivity (Wildman–Crippen MR) is 184 cm³/mol. The number of ether oxygens (including phenoxy) is 4. The molecule has 300 valence electrons. The molecule has 3 N–H and O–H groups in total. The average Bonchev–Trinajstić information content (AvgIpc) is 3.38. The topological polar surface area (TPSA) is 123 Å². The van der Waals surface area contributed by atoms with Gasteiger partial charge in [-0.05, 0) is 106 Å². The molecule has 11 nitrogen and oxygen atoms in total. The maximum absolute atomic E-state index is 14.8. The number of nitrogens with zero attached hydrogens (tertiary/aromatic N) is 2. The van der Waals surface area contributed by atoms with Gasteiger partial charge in [0.05, 0.1) is 19.3 Å². The first-order valence-corrected chi connectivity index (χ1v) is 19.9. The molecule has 6 aliphatic rings. The van der Waals surface area contributed by atoms with Crippen LogP contribution in [0.4, 0.5) is 13.2 Å². The van der Waals surface area contributed by atoms with Crippen molar-refractivity contribution in [2.75, 3.05) is 52.5 Å². The van der Waals surface area contributed by atoms with Crippen LogP contribution in [0, 0.1) is 40.9 Å². The summed E-state index contributed by atoms with van der Waals surface area (Å²) in [4.78, 5) is 14.3. The van der Waals surface area contributed by atoms with Gasteiger partial charge in [-0.3, -0.25) is 15.1 Å². The van der Waals surface area contributed by atoms with Crippen molar-refractivity contribution in [2.24, 2.45) is 40.9 Å². The van der Waals surface area contributed by atoms with Crippen molar-refractivity contribution in [3.63, 3.8) is 0 Å². The highest BCUT2D eigenvalue weighted by Crippen LogP contribution is 2.63. The maximum atomic E-state index is 14.8. The molecule has 0 aromatic carbocycles. The molecule has 4 heterocycles. The van der Waals surface area contributed by atoms with Crippen LogP contribution in [0.5, 0.6) is 0 Å². The van der Waals surface area contributed by atoms with Crippen LogP contribution in [0.1, 0.15) is 98.8 Å². The Bertz CT molecular complexity index is 1240. The van der Waals surface area contributed by atoms with Gasteiger partial charge in [0.2, 0.25) is 17.8 Å². The largest absolute Gasteiger partial charge is 0.459 e. The quantitative estimate of drug-likeness (QED) is 0.119. The molecule has 2 aliphatic carbocycles. The third-order valence-electron chi connectivity index (χ3n) is 14.3. The van der Waals surface area contributed by atoms with Gasteiger partial charge < -0.3 is 24.1 Å². The second-order valence-corrected chi connectivity index (χ2v) is 17.1. The van der Waals surface area contributed by atoms with Crippen LogP contribution >= 0.6 is 0 Å². The molecular weight excluding hydrogens is 685 g/mol. The molecule has 52 heavy (non-hydrogen) atoms. The second-order valence-electron chi connectivity index (χ2n) is 17.1. The summed E-state index contributed by atoms with van der Waals surface area (Å²) in [6.07, 6.45) is 0.196. The Hall–Kier alpha value is -1.07. The van der Waals surface area contributed by atoms with E-state index in [1.54, 1.807) is 6.92 Å². The number of halogens is 3. The van der Waals surface area contributed by atoms with Crippen molar-refractivity contribution in [1.29, 1.82) is 0 Å². The highest BCUT2D eigenvalue weighted by molar-refractivity contribution is 5.27. The van der Waals surface area contributed by atoms with Gasteiger partial charge >= 0.3 is 6.18 Å². The Morgan fingerprint density at radius 2 is 1.60 bits per heavy atom. The number of aliphatic hydroxyl groups excluding tert-OH is 1. The van der Waals surface area contributed by atoms with Crippen molar-refractivity contribution < 1.29 is 57.5 Å². The number of aliphatic hydroxyl groups is 1. The highest BCUT2D eigenvalue weighted by atomic mass is 19.4. The summed E-state index contributed by atoms with van der Waals surface area (Å²) in [6, 6.07) is 0. The van der Waals surface area contributed by atoms with Crippen LogP contribution in [0.3, 0.4) is 0 Å². The van der Waals surface area contributed by atoms with Crippen molar-refractivity contribution in [3.05, 3.63) is 11.3 Å². The second kappa shape index (κ2) is 16.2. The minimum Gasteiger partial charge on any atom is -0.459 e. The minimum atomic E-state index is -4.69. The zero-order chi connectivity index (χ0) is 37.5. The molecule has 0 radical (unpaired) electrons. The normalized spacial score (nSPS) is 42.8. The first kappa shape index (κ1) is 40.6. The van der Waals surface area contributed by atoms with Crippen molar-refractivity contribution in [1.82, 2.24) is 9.80 Å². The van der Waals surface area contributed by atoms with E-state index in [1.807, 2.05) is 13.8 Å². The molecule has 0 aromatic rings. The molecule has 3 saturated heterocycles. The van der Waals surface area contributed by atoms with Gasteiger partial charge in [0.25, 0.3) is 0 Å². The molecule has 14 heteroatoms. The van der Waals surface area contributed by atoms with E-state index in [0.717, 1.165) is 32.1 Å². The van der Waals surface area contributed by atoms with E-state index in [9.17, 15) is 28.8 Å². The molecule has 12 atom stereocenters. The number of rotatable bonds is 11. The van der Waals surface area contributed by atoms with E-state index in [-0.39, 0.29) is 42.2 Å². The van der Waals surface area contributed by atoms with Gasteiger partial charge in [0.15, 0.2) is 6.29 Å². The number of allylic oxidation sites excluding steroid dienone is 1. The van der Waals surface area contributed by atoms with Crippen LogP contribution in [0.2, 0.25) is 0 Å². The van der Waals surface area contributed by atoms with Crippen molar-refractivity contribution in [3.8, 4) is 0 Å². The summed E-state index contributed by atoms with van der Waals surface area (Å²) < 4.78 is 68.4. The molecule has 0 aromatic heterocycles. The fourth-order valence-corrected chi connectivity index (χ4v) is 11.3.